The molecule has 0 saturated carbocycles. The first-order valence-corrected chi connectivity index (χ1v) is 5.01. The number of hydrogen-bond acceptors (Lipinski definition) is 2. The topological polar surface area (TPSA) is 23.5 Å². The van der Waals surface area contributed by atoms with Gasteiger partial charge in [0.05, 0.1) is 6.10 Å². The van der Waals surface area contributed by atoms with Gasteiger partial charge in [-0.1, -0.05) is 13.8 Å². The first-order chi connectivity index (χ1) is 5.59. The van der Waals surface area contributed by atoms with E-state index in [1.807, 2.05) is 0 Å². The van der Waals surface area contributed by atoms with Crippen LogP contribution in [0.25, 0.3) is 0 Å². The van der Waals surface area contributed by atoms with Gasteiger partial charge in [0.2, 0.25) is 0 Å². The van der Waals surface area contributed by atoms with E-state index in [4.69, 9.17) is 0 Å². The van der Waals surface area contributed by atoms with E-state index in [2.05, 4.69) is 25.7 Å². The SMILES string of the molecule is CC(C)CN1CCC(O)C[C@@H]1C. The molecule has 1 N–H and O–H groups in total. The highest BCUT2D eigenvalue weighted by Crippen LogP contribution is 2.17. The van der Waals surface area contributed by atoms with Crippen LogP contribution in [0.1, 0.15) is 33.6 Å². The van der Waals surface area contributed by atoms with Crippen molar-refractivity contribution in [1.29, 1.82) is 0 Å². The zero-order chi connectivity index (χ0) is 9.14. The fourth-order valence-corrected chi connectivity index (χ4v) is 1.94. The average molecular weight is 171 g/mol. The van der Waals surface area contributed by atoms with Crippen LogP contribution in [0.4, 0.5) is 0 Å². The molecule has 0 radical (unpaired) electrons. The van der Waals surface area contributed by atoms with Gasteiger partial charge in [-0.3, -0.25) is 0 Å². The monoisotopic (exact) mass is 171 g/mol. The summed E-state index contributed by atoms with van der Waals surface area (Å²) in [5.74, 6) is 0.739. The Kier molecular flexibility index (Phi) is 3.53. The maximum atomic E-state index is 9.40. The number of likely N-dealkylation sites (tertiary alicyclic amines) is 1. The molecule has 1 rings (SSSR count). The van der Waals surface area contributed by atoms with Crippen LogP contribution >= 0.6 is 0 Å². The molecule has 1 fully saturated rings. The summed E-state index contributed by atoms with van der Waals surface area (Å²) < 4.78 is 0. The summed E-state index contributed by atoms with van der Waals surface area (Å²) in [6, 6.07) is 0.566. The van der Waals surface area contributed by atoms with Gasteiger partial charge in [-0.2, -0.15) is 0 Å². The smallest absolute Gasteiger partial charge is 0.0567 e. The van der Waals surface area contributed by atoms with Crippen molar-refractivity contribution < 1.29 is 5.11 Å². The molecule has 1 aliphatic heterocycles. The predicted octanol–water partition coefficient (Wildman–Crippen LogP) is 1.49. The van der Waals surface area contributed by atoms with Gasteiger partial charge in [-0.15, -0.1) is 0 Å². The normalized spacial score (nSPS) is 32.8. The highest BCUT2D eigenvalue weighted by Gasteiger charge is 2.23. The van der Waals surface area contributed by atoms with Gasteiger partial charge >= 0.3 is 0 Å². The molecular formula is C10H21NO. The molecule has 0 aromatic carbocycles. The highest BCUT2D eigenvalue weighted by atomic mass is 16.3. The summed E-state index contributed by atoms with van der Waals surface area (Å²) >= 11 is 0. The van der Waals surface area contributed by atoms with Gasteiger partial charge in [-0.05, 0) is 25.7 Å². The third-order valence-corrected chi connectivity index (χ3v) is 2.59. The number of piperidine rings is 1. The Morgan fingerprint density at radius 2 is 2.17 bits per heavy atom. The standard InChI is InChI=1S/C10H21NO/c1-8(2)7-11-5-4-10(12)6-9(11)3/h8-10,12H,4-7H2,1-3H3/t9-,10?/m0/s1. The average Bonchev–Trinajstić information content (AvgIpc) is 1.94. The van der Waals surface area contributed by atoms with Crippen molar-refractivity contribution in [3.8, 4) is 0 Å². The molecule has 1 heterocycles. The van der Waals surface area contributed by atoms with Crippen molar-refractivity contribution >= 4 is 0 Å². The molecule has 0 aromatic rings. The molecule has 2 heteroatoms. The van der Waals surface area contributed by atoms with Crippen molar-refractivity contribution in [1.82, 2.24) is 4.90 Å². The van der Waals surface area contributed by atoms with E-state index >= 15 is 0 Å². The summed E-state index contributed by atoms with van der Waals surface area (Å²) in [5.41, 5.74) is 0. The lowest BCUT2D eigenvalue weighted by molar-refractivity contribution is 0.0425. The van der Waals surface area contributed by atoms with Crippen LogP contribution < -0.4 is 0 Å². The Labute approximate surface area is 75.6 Å². The number of rotatable bonds is 2. The summed E-state index contributed by atoms with van der Waals surface area (Å²) in [4.78, 5) is 2.48. The summed E-state index contributed by atoms with van der Waals surface area (Å²) in [6.45, 7) is 8.95. The molecule has 1 saturated heterocycles. The molecule has 0 bridgehead atoms. The Balaban J connectivity index is 2.34. The molecule has 12 heavy (non-hydrogen) atoms. The first-order valence-electron chi connectivity index (χ1n) is 5.01. The molecule has 2 nitrogen and oxygen atoms in total. The van der Waals surface area contributed by atoms with Gasteiger partial charge in [0.15, 0.2) is 0 Å². The van der Waals surface area contributed by atoms with Gasteiger partial charge < -0.3 is 10.0 Å². The first kappa shape index (κ1) is 10.0. The van der Waals surface area contributed by atoms with Gasteiger partial charge in [0, 0.05) is 19.1 Å². The van der Waals surface area contributed by atoms with Crippen molar-refractivity contribution in [2.75, 3.05) is 13.1 Å². The van der Waals surface area contributed by atoms with Gasteiger partial charge in [0.25, 0.3) is 0 Å². The fraction of sp³-hybridized carbons (Fsp3) is 1.00. The van der Waals surface area contributed by atoms with E-state index < -0.39 is 0 Å². The highest BCUT2D eigenvalue weighted by molar-refractivity contribution is 4.78. The molecular weight excluding hydrogens is 150 g/mol. The van der Waals surface area contributed by atoms with Crippen LogP contribution in [0.15, 0.2) is 0 Å². The van der Waals surface area contributed by atoms with E-state index in [0.717, 1.165) is 25.3 Å². The van der Waals surface area contributed by atoms with Crippen molar-refractivity contribution in [2.24, 2.45) is 5.92 Å². The fourth-order valence-electron chi connectivity index (χ4n) is 1.94. The lowest BCUT2D eigenvalue weighted by Crippen LogP contribution is -2.44. The molecule has 72 valence electrons. The lowest BCUT2D eigenvalue weighted by Gasteiger charge is -2.36. The van der Waals surface area contributed by atoms with Crippen molar-refractivity contribution in [3.05, 3.63) is 0 Å². The largest absolute Gasteiger partial charge is 0.393 e. The van der Waals surface area contributed by atoms with E-state index in [9.17, 15) is 5.11 Å². The molecule has 1 aliphatic rings. The number of nitrogens with zero attached hydrogens (tertiary/aromatic N) is 1. The minimum absolute atomic E-state index is 0.0524. The van der Waals surface area contributed by atoms with E-state index in [1.165, 1.54) is 6.54 Å². The number of aliphatic hydroxyl groups excluding tert-OH is 1. The quantitative estimate of drug-likeness (QED) is 0.680. The van der Waals surface area contributed by atoms with E-state index in [0.29, 0.717) is 6.04 Å². The molecule has 2 atom stereocenters. The van der Waals surface area contributed by atoms with Crippen LogP contribution in [-0.4, -0.2) is 35.2 Å². The van der Waals surface area contributed by atoms with E-state index in [1.54, 1.807) is 0 Å². The molecule has 0 amide bonds. The number of aliphatic hydroxyl groups is 1. The van der Waals surface area contributed by atoms with Crippen LogP contribution in [-0.2, 0) is 0 Å². The van der Waals surface area contributed by atoms with E-state index in [-0.39, 0.29) is 6.10 Å². The zero-order valence-electron chi connectivity index (χ0n) is 8.45. The maximum Gasteiger partial charge on any atom is 0.0567 e. The van der Waals surface area contributed by atoms with Crippen LogP contribution in [0.3, 0.4) is 0 Å². The maximum absolute atomic E-state index is 9.40. The minimum atomic E-state index is -0.0524. The minimum Gasteiger partial charge on any atom is -0.393 e. The summed E-state index contributed by atoms with van der Waals surface area (Å²) in [5, 5.41) is 9.40. The zero-order valence-corrected chi connectivity index (χ0v) is 8.45. The van der Waals surface area contributed by atoms with Crippen LogP contribution in [0, 0.1) is 5.92 Å². The Morgan fingerprint density at radius 1 is 1.50 bits per heavy atom. The molecule has 0 aliphatic carbocycles. The summed E-state index contributed by atoms with van der Waals surface area (Å²) in [6.07, 6.45) is 1.85. The van der Waals surface area contributed by atoms with Crippen LogP contribution in [0.2, 0.25) is 0 Å². The second-order valence-corrected chi connectivity index (χ2v) is 4.42. The van der Waals surface area contributed by atoms with Gasteiger partial charge in [-0.25, -0.2) is 0 Å². The summed E-state index contributed by atoms with van der Waals surface area (Å²) in [7, 11) is 0. The second kappa shape index (κ2) is 4.24. The predicted molar refractivity (Wildman–Crippen MR) is 51.1 cm³/mol. The van der Waals surface area contributed by atoms with Crippen molar-refractivity contribution in [2.45, 2.75) is 45.8 Å². The van der Waals surface area contributed by atoms with Crippen molar-refractivity contribution in [3.63, 3.8) is 0 Å². The molecule has 1 unspecified atom stereocenters. The lowest BCUT2D eigenvalue weighted by atomic mass is 9.99. The second-order valence-electron chi connectivity index (χ2n) is 4.42. The Morgan fingerprint density at radius 3 is 2.67 bits per heavy atom. The Hall–Kier alpha value is -0.0800. The Bertz CT molecular complexity index is 136. The molecule has 0 aromatic heterocycles. The third kappa shape index (κ3) is 2.76. The third-order valence-electron chi connectivity index (χ3n) is 2.59. The number of hydrogen-bond donors (Lipinski definition) is 1. The van der Waals surface area contributed by atoms with Crippen LogP contribution in [0.5, 0.6) is 0 Å². The molecule has 0 spiro atoms. The van der Waals surface area contributed by atoms with Gasteiger partial charge in [0.1, 0.15) is 0 Å².